The van der Waals surface area contributed by atoms with Gasteiger partial charge in [0.2, 0.25) is 0 Å². The number of benzene rings is 1. The van der Waals surface area contributed by atoms with E-state index in [-0.39, 0.29) is 0 Å². The number of ether oxygens (including phenoxy) is 1. The Morgan fingerprint density at radius 2 is 1.76 bits per heavy atom. The number of rotatable bonds is 6. The van der Waals surface area contributed by atoms with Crippen LogP contribution in [0.5, 0.6) is 5.75 Å². The zero-order valence-electron chi connectivity index (χ0n) is 14.1. The van der Waals surface area contributed by atoms with Gasteiger partial charge in [0.25, 0.3) is 0 Å². The zero-order valence-corrected chi connectivity index (χ0v) is 14.1. The Kier molecular flexibility index (Phi) is 6.10. The molecule has 1 aliphatic rings. The first-order valence-electron chi connectivity index (χ1n) is 8.62. The lowest BCUT2D eigenvalue weighted by Gasteiger charge is -2.32. The third-order valence-corrected chi connectivity index (χ3v) is 4.58. The Bertz CT molecular complexity index is 421. The molecule has 0 spiro atoms. The van der Waals surface area contributed by atoms with Crippen molar-refractivity contribution in [2.45, 2.75) is 65.5 Å². The molecular formula is C19H31NO. The molecule has 1 fully saturated rings. The highest BCUT2D eigenvalue weighted by atomic mass is 16.5. The number of hydrogen-bond acceptors (Lipinski definition) is 2. The van der Waals surface area contributed by atoms with E-state index in [1.54, 1.807) is 0 Å². The number of para-hydroxylation sites is 1. The van der Waals surface area contributed by atoms with Crippen LogP contribution in [0, 0.1) is 11.8 Å². The van der Waals surface area contributed by atoms with Gasteiger partial charge in [-0.3, -0.25) is 0 Å². The number of hydrogen-bond donors (Lipinski definition) is 1. The van der Waals surface area contributed by atoms with Gasteiger partial charge in [-0.2, -0.15) is 0 Å². The molecule has 0 aromatic heterocycles. The first-order chi connectivity index (χ1) is 10.1. The second kappa shape index (κ2) is 7.84. The van der Waals surface area contributed by atoms with Crippen LogP contribution in [0.2, 0.25) is 0 Å². The van der Waals surface area contributed by atoms with Gasteiger partial charge in [0, 0.05) is 11.6 Å². The summed E-state index contributed by atoms with van der Waals surface area (Å²) < 4.78 is 6.42. The Hall–Kier alpha value is -1.02. The van der Waals surface area contributed by atoms with E-state index in [1.807, 2.05) is 0 Å². The van der Waals surface area contributed by atoms with Gasteiger partial charge in [-0.25, -0.2) is 0 Å². The smallest absolute Gasteiger partial charge is 0.124 e. The van der Waals surface area contributed by atoms with E-state index in [4.69, 9.17) is 4.74 Å². The minimum atomic E-state index is 0.379. The molecule has 2 rings (SSSR count). The van der Waals surface area contributed by atoms with Crippen LogP contribution in [0.15, 0.2) is 24.3 Å². The predicted octanol–water partition coefficient (Wildman–Crippen LogP) is 4.95. The van der Waals surface area contributed by atoms with E-state index < -0.39 is 0 Å². The van der Waals surface area contributed by atoms with Crippen LogP contribution in [0.1, 0.15) is 65.0 Å². The van der Waals surface area contributed by atoms with Crippen molar-refractivity contribution >= 4 is 0 Å². The Morgan fingerprint density at radius 3 is 2.38 bits per heavy atom. The summed E-state index contributed by atoms with van der Waals surface area (Å²) in [7, 11) is 0. The van der Waals surface area contributed by atoms with Crippen LogP contribution < -0.4 is 10.1 Å². The van der Waals surface area contributed by atoms with E-state index in [0.717, 1.165) is 30.6 Å². The monoisotopic (exact) mass is 289 g/mol. The standard InChI is InChI=1S/C19H31NO/c1-5-18(20-6-2)17-9-7-8-10-19(17)21-16-12-14(3)11-15(4)13-16/h7-10,14-16,18,20H,5-6,11-13H2,1-4H3. The van der Waals surface area contributed by atoms with Crippen molar-refractivity contribution in [1.82, 2.24) is 5.32 Å². The molecule has 1 aromatic rings. The molecule has 0 aliphatic heterocycles. The second-order valence-electron chi connectivity index (χ2n) is 6.71. The molecular weight excluding hydrogens is 258 g/mol. The van der Waals surface area contributed by atoms with Gasteiger partial charge < -0.3 is 10.1 Å². The molecule has 0 saturated heterocycles. The van der Waals surface area contributed by atoms with Gasteiger partial charge in [-0.1, -0.05) is 45.9 Å². The molecule has 0 heterocycles. The van der Waals surface area contributed by atoms with Gasteiger partial charge in [0.15, 0.2) is 0 Å². The van der Waals surface area contributed by atoms with E-state index in [0.29, 0.717) is 12.1 Å². The Balaban J connectivity index is 2.12. The fraction of sp³-hybridized carbons (Fsp3) is 0.684. The fourth-order valence-corrected chi connectivity index (χ4v) is 3.75. The minimum Gasteiger partial charge on any atom is -0.490 e. The van der Waals surface area contributed by atoms with Crippen LogP contribution in [-0.2, 0) is 0 Å². The molecule has 0 radical (unpaired) electrons. The highest BCUT2D eigenvalue weighted by Crippen LogP contribution is 2.34. The van der Waals surface area contributed by atoms with Crippen molar-refractivity contribution in [3.05, 3.63) is 29.8 Å². The molecule has 1 aliphatic carbocycles. The summed E-state index contributed by atoms with van der Waals surface area (Å²) in [5.74, 6) is 2.64. The molecule has 1 aromatic carbocycles. The maximum atomic E-state index is 6.42. The molecule has 0 amide bonds. The van der Waals surface area contributed by atoms with Crippen LogP contribution in [-0.4, -0.2) is 12.6 Å². The third kappa shape index (κ3) is 4.47. The summed E-state index contributed by atoms with van der Waals surface area (Å²) in [6.07, 6.45) is 5.19. The largest absolute Gasteiger partial charge is 0.490 e. The summed E-state index contributed by atoms with van der Waals surface area (Å²) >= 11 is 0. The van der Waals surface area contributed by atoms with Gasteiger partial charge in [-0.15, -0.1) is 0 Å². The highest BCUT2D eigenvalue weighted by Gasteiger charge is 2.26. The van der Waals surface area contributed by atoms with Crippen molar-refractivity contribution in [1.29, 1.82) is 0 Å². The lowest BCUT2D eigenvalue weighted by atomic mass is 9.82. The van der Waals surface area contributed by atoms with Crippen molar-refractivity contribution in [3.8, 4) is 5.75 Å². The maximum Gasteiger partial charge on any atom is 0.124 e. The van der Waals surface area contributed by atoms with Gasteiger partial charge >= 0.3 is 0 Å². The molecule has 118 valence electrons. The first kappa shape index (κ1) is 16.4. The first-order valence-corrected chi connectivity index (χ1v) is 8.62. The van der Waals surface area contributed by atoms with E-state index >= 15 is 0 Å². The highest BCUT2D eigenvalue weighted by molar-refractivity contribution is 5.36. The molecule has 3 unspecified atom stereocenters. The summed E-state index contributed by atoms with van der Waals surface area (Å²) in [6.45, 7) is 10.1. The second-order valence-corrected chi connectivity index (χ2v) is 6.71. The van der Waals surface area contributed by atoms with Gasteiger partial charge in [0.05, 0.1) is 6.10 Å². The summed E-state index contributed by atoms with van der Waals surface area (Å²) in [5, 5.41) is 3.56. The zero-order chi connectivity index (χ0) is 15.2. The van der Waals surface area contributed by atoms with Crippen LogP contribution in [0.25, 0.3) is 0 Å². The molecule has 0 bridgehead atoms. The van der Waals surface area contributed by atoms with E-state index in [9.17, 15) is 0 Å². The van der Waals surface area contributed by atoms with Gasteiger partial charge in [-0.05, 0) is 50.1 Å². The number of nitrogens with one attached hydrogen (secondary N) is 1. The summed E-state index contributed by atoms with van der Waals surface area (Å²) in [6, 6.07) is 8.95. The Labute approximate surface area is 130 Å². The van der Waals surface area contributed by atoms with Crippen LogP contribution in [0.3, 0.4) is 0 Å². The molecule has 2 heteroatoms. The van der Waals surface area contributed by atoms with Crippen molar-refractivity contribution < 1.29 is 4.74 Å². The maximum absolute atomic E-state index is 6.42. The summed E-state index contributed by atoms with van der Waals surface area (Å²) in [5.41, 5.74) is 1.31. The lowest BCUT2D eigenvalue weighted by Crippen LogP contribution is -2.29. The van der Waals surface area contributed by atoms with Crippen molar-refractivity contribution in [2.24, 2.45) is 11.8 Å². The van der Waals surface area contributed by atoms with Crippen molar-refractivity contribution in [3.63, 3.8) is 0 Å². The van der Waals surface area contributed by atoms with E-state index in [1.165, 1.54) is 24.8 Å². The topological polar surface area (TPSA) is 21.3 Å². The SMILES string of the molecule is CCNC(CC)c1ccccc1OC1CC(C)CC(C)C1. The molecule has 21 heavy (non-hydrogen) atoms. The Morgan fingerprint density at radius 1 is 1.10 bits per heavy atom. The minimum absolute atomic E-state index is 0.379. The van der Waals surface area contributed by atoms with Crippen LogP contribution >= 0.6 is 0 Å². The quantitative estimate of drug-likeness (QED) is 0.800. The normalized spacial score (nSPS) is 27.3. The molecule has 1 N–H and O–H groups in total. The molecule has 1 saturated carbocycles. The van der Waals surface area contributed by atoms with Crippen molar-refractivity contribution in [2.75, 3.05) is 6.54 Å². The lowest BCUT2D eigenvalue weighted by molar-refractivity contribution is 0.0994. The molecule has 3 atom stereocenters. The van der Waals surface area contributed by atoms with Gasteiger partial charge in [0.1, 0.15) is 5.75 Å². The predicted molar refractivity (Wildman–Crippen MR) is 89.7 cm³/mol. The average Bonchev–Trinajstić information content (AvgIpc) is 2.44. The summed E-state index contributed by atoms with van der Waals surface area (Å²) in [4.78, 5) is 0. The van der Waals surface area contributed by atoms with E-state index in [2.05, 4.69) is 57.3 Å². The van der Waals surface area contributed by atoms with Crippen LogP contribution in [0.4, 0.5) is 0 Å². The third-order valence-electron chi connectivity index (χ3n) is 4.58. The average molecular weight is 289 g/mol. The fourth-order valence-electron chi connectivity index (χ4n) is 3.75. The molecule has 2 nitrogen and oxygen atoms in total.